The molecule has 1 saturated carbocycles. The number of carbonyl (C=O) groups excluding carboxylic acids is 1. The maximum atomic E-state index is 12.8. The minimum atomic E-state index is 0.0834. The van der Waals surface area contributed by atoms with Crippen molar-refractivity contribution in [3.05, 3.63) is 0 Å². The number of quaternary nitrogens is 1. The van der Waals surface area contributed by atoms with Crippen LogP contribution in [0.5, 0.6) is 0 Å². The van der Waals surface area contributed by atoms with Crippen LogP contribution in [0.1, 0.15) is 110 Å². The molecule has 0 bridgehead atoms. The summed E-state index contributed by atoms with van der Waals surface area (Å²) in [6.45, 7) is 6.40. The number of hydrogen-bond acceptors (Lipinski definition) is 2. The highest BCUT2D eigenvalue weighted by atomic mass is 16.5. The van der Waals surface area contributed by atoms with Gasteiger partial charge in [0.05, 0.1) is 19.6 Å². The Bertz CT molecular complexity index is 364. The Hall–Kier alpha value is -0.570. The molecular formula is C23H44NO2+. The number of piperidine rings is 1. The highest BCUT2D eigenvalue weighted by Crippen LogP contribution is 2.22. The molecule has 0 N–H and O–H groups in total. The van der Waals surface area contributed by atoms with Gasteiger partial charge in [0.2, 0.25) is 0 Å². The number of esters is 1. The zero-order valence-electron chi connectivity index (χ0n) is 17.5. The largest absolute Gasteiger partial charge is 0.458 e. The highest BCUT2D eigenvalue weighted by molar-refractivity contribution is 5.70. The fourth-order valence-corrected chi connectivity index (χ4v) is 4.88. The fraction of sp³-hybridized carbons (Fsp3) is 0.957. The van der Waals surface area contributed by atoms with Gasteiger partial charge in [0.1, 0.15) is 6.10 Å². The van der Waals surface area contributed by atoms with Gasteiger partial charge in [-0.1, -0.05) is 58.3 Å². The number of ether oxygens (including phenoxy) is 1. The first-order valence-electron chi connectivity index (χ1n) is 11.8. The van der Waals surface area contributed by atoms with Gasteiger partial charge in [-0.05, 0) is 51.4 Å². The standard InChI is InChI=1S/C23H44NO2/c1-2-3-18-24(19-14-11-15-20-24)21-23(25)26-22-16-12-9-7-5-4-6-8-10-13-17-22/h22H,2-21H2,1H3/q+1. The first kappa shape index (κ1) is 21.7. The summed E-state index contributed by atoms with van der Waals surface area (Å²) >= 11 is 0. The summed E-state index contributed by atoms with van der Waals surface area (Å²) in [7, 11) is 0. The predicted octanol–water partition coefficient (Wildman–Crippen LogP) is 6.00. The summed E-state index contributed by atoms with van der Waals surface area (Å²) in [5.74, 6) is 0.0834. The first-order chi connectivity index (χ1) is 12.7. The van der Waals surface area contributed by atoms with Crippen LogP contribution in [0.25, 0.3) is 0 Å². The molecule has 152 valence electrons. The van der Waals surface area contributed by atoms with Gasteiger partial charge < -0.3 is 9.22 Å². The van der Waals surface area contributed by atoms with Crippen molar-refractivity contribution in [3.8, 4) is 0 Å². The molecule has 26 heavy (non-hydrogen) atoms. The minimum absolute atomic E-state index is 0.0834. The molecule has 0 atom stereocenters. The van der Waals surface area contributed by atoms with E-state index < -0.39 is 0 Å². The molecule has 0 aromatic carbocycles. The van der Waals surface area contributed by atoms with E-state index in [-0.39, 0.29) is 12.1 Å². The van der Waals surface area contributed by atoms with Crippen molar-refractivity contribution in [1.82, 2.24) is 0 Å². The average molecular weight is 367 g/mol. The molecule has 3 nitrogen and oxygen atoms in total. The summed E-state index contributed by atoms with van der Waals surface area (Å²) in [6.07, 6.45) is 20.7. The summed E-state index contributed by atoms with van der Waals surface area (Å²) < 4.78 is 7.05. The third-order valence-corrected chi connectivity index (χ3v) is 6.57. The van der Waals surface area contributed by atoms with E-state index in [0.29, 0.717) is 6.54 Å². The van der Waals surface area contributed by atoms with E-state index in [1.54, 1.807) is 0 Å². The summed E-state index contributed by atoms with van der Waals surface area (Å²) in [6, 6.07) is 0. The Kier molecular flexibility index (Phi) is 10.7. The van der Waals surface area contributed by atoms with E-state index in [1.165, 1.54) is 103 Å². The van der Waals surface area contributed by atoms with Crippen LogP contribution in [0.2, 0.25) is 0 Å². The molecule has 0 radical (unpaired) electrons. The maximum absolute atomic E-state index is 12.8. The number of hydrogen-bond donors (Lipinski definition) is 0. The smallest absolute Gasteiger partial charge is 0.362 e. The molecule has 0 aromatic heterocycles. The number of rotatable bonds is 6. The Balaban J connectivity index is 1.83. The quantitative estimate of drug-likeness (QED) is 0.425. The third kappa shape index (κ3) is 8.41. The van der Waals surface area contributed by atoms with Crippen LogP contribution >= 0.6 is 0 Å². The second-order valence-electron chi connectivity index (χ2n) is 8.96. The molecule has 3 heteroatoms. The van der Waals surface area contributed by atoms with Crippen LogP contribution in [0.3, 0.4) is 0 Å². The molecule has 0 spiro atoms. The molecular weight excluding hydrogens is 322 g/mol. The second kappa shape index (κ2) is 12.8. The average Bonchev–Trinajstić information content (AvgIpc) is 2.63. The molecule has 1 heterocycles. The van der Waals surface area contributed by atoms with Gasteiger partial charge in [0.15, 0.2) is 6.54 Å². The number of nitrogens with zero attached hydrogens (tertiary/aromatic N) is 1. The van der Waals surface area contributed by atoms with Gasteiger partial charge in [0.25, 0.3) is 0 Å². The van der Waals surface area contributed by atoms with Crippen molar-refractivity contribution >= 4 is 5.97 Å². The van der Waals surface area contributed by atoms with Crippen LogP contribution in [0, 0.1) is 0 Å². The van der Waals surface area contributed by atoms with Crippen molar-refractivity contribution < 1.29 is 14.0 Å². The number of unbranched alkanes of at least 4 members (excludes halogenated alkanes) is 1. The van der Waals surface area contributed by atoms with Crippen LogP contribution < -0.4 is 0 Å². The lowest BCUT2D eigenvalue weighted by atomic mass is 9.99. The Labute approximate surface area is 162 Å². The lowest BCUT2D eigenvalue weighted by Gasteiger charge is -2.41. The second-order valence-corrected chi connectivity index (χ2v) is 8.96. The third-order valence-electron chi connectivity index (χ3n) is 6.57. The molecule has 0 aromatic rings. The Morgan fingerprint density at radius 3 is 1.85 bits per heavy atom. The van der Waals surface area contributed by atoms with Crippen molar-refractivity contribution in [1.29, 1.82) is 0 Å². The SMILES string of the molecule is CCCC[N+]1(CC(=O)OC2CCCCCCCCCCC2)CCCCC1. The minimum Gasteiger partial charge on any atom is -0.458 e. The molecule has 1 aliphatic carbocycles. The molecule has 2 fully saturated rings. The number of likely N-dealkylation sites (tertiary alicyclic amines) is 1. The molecule has 2 aliphatic rings. The summed E-state index contributed by atoms with van der Waals surface area (Å²) in [4.78, 5) is 12.8. The Morgan fingerprint density at radius 1 is 0.808 bits per heavy atom. The van der Waals surface area contributed by atoms with Gasteiger partial charge in [-0.2, -0.15) is 0 Å². The first-order valence-corrected chi connectivity index (χ1v) is 11.8. The molecule has 2 rings (SSSR count). The monoisotopic (exact) mass is 366 g/mol. The normalized spacial score (nSPS) is 23.6. The van der Waals surface area contributed by atoms with Crippen LogP contribution in [0.4, 0.5) is 0 Å². The van der Waals surface area contributed by atoms with Gasteiger partial charge in [0, 0.05) is 0 Å². The molecule has 0 unspecified atom stereocenters. The van der Waals surface area contributed by atoms with Gasteiger partial charge in [-0.25, -0.2) is 4.79 Å². The lowest BCUT2D eigenvalue weighted by Crippen LogP contribution is -2.55. The maximum Gasteiger partial charge on any atom is 0.362 e. The highest BCUT2D eigenvalue weighted by Gasteiger charge is 2.33. The van der Waals surface area contributed by atoms with E-state index in [9.17, 15) is 4.79 Å². The zero-order valence-corrected chi connectivity index (χ0v) is 17.5. The molecule has 1 aliphatic heterocycles. The van der Waals surface area contributed by atoms with Crippen LogP contribution in [-0.4, -0.2) is 42.7 Å². The van der Waals surface area contributed by atoms with Crippen molar-refractivity contribution in [3.63, 3.8) is 0 Å². The topological polar surface area (TPSA) is 26.3 Å². The zero-order chi connectivity index (χ0) is 18.5. The fourth-order valence-electron chi connectivity index (χ4n) is 4.88. The molecule has 1 saturated heterocycles. The van der Waals surface area contributed by atoms with Gasteiger partial charge >= 0.3 is 5.97 Å². The van der Waals surface area contributed by atoms with E-state index in [2.05, 4.69) is 6.92 Å². The Morgan fingerprint density at radius 2 is 1.31 bits per heavy atom. The van der Waals surface area contributed by atoms with Crippen molar-refractivity contribution in [2.45, 2.75) is 116 Å². The molecule has 0 amide bonds. The van der Waals surface area contributed by atoms with E-state index >= 15 is 0 Å². The van der Waals surface area contributed by atoms with Crippen LogP contribution in [0.15, 0.2) is 0 Å². The van der Waals surface area contributed by atoms with Gasteiger partial charge in [-0.3, -0.25) is 0 Å². The van der Waals surface area contributed by atoms with E-state index in [1.807, 2.05) is 0 Å². The van der Waals surface area contributed by atoms with Gasteiger partial charge in [-0.15, -0.1) is 0 Å². The lowest BCUT2D eigenvalue weighted by molar-refractivity contribution is -0.926. The van der Waals surface area contributed by atoms with Crippen LogP contribution in [-0.2, 0) is 9.53 Å². The predicted molar refractivity (Wildman–Crippen MR) is 109 cm³/mol. The van der Waals surface area contributed by atoms with Crippen molar-refractivity contribution in [2.24, 2.45) is 0 Å². The van der Waals surface area contributed by atoms with E-state index in [0.717, 1.165) is 23.9 Å². The van der Waals surface area contributed by atoms with E-state index in [4.69, 9.17) is 4.74 Å². The summed E-state index contributed by atoms with van der Waals surface area (Å²) in [5, 5.41) is 0. The number of carbonyl (C=O) groups is 1. The summed E-state index contributed by atoms with van der Waals surface area (Å²) in [5.41, 5.74) is 0. The van der Waals surface area contributed by atoms with Crippen molar-refractivity contribution in [2.75, 3.05) is 26.2 Å².